The average Bonchev–Trinajstić information content (AvgIpc) is 2.55. The molecule has 0 bridgehead atoms. The van der Waals surface area contributed by atoms with E-state index in [1.165, 1.54) is 12.1 Å². The van der Waals surface area contributed by atoms with Crippen LogP contribution in [0.4, 0.5) is 10.1 Å². The fraction of sp³-hybridized carbons (Fsp3) is 0.0588. The highest BCUT2D eigenvalue weighted by Gasteiger charge is 2.08. The van der Waals surface area contributed by atoms with Crippen molar-refractivity contribution in [1.29, 1.82) is 0 Å². The first kappa shape index (κ1) is 16.0. The Hall–Kier alpha value is -2.86. The normalized spacial score (nSPS) is 10.6. The highest BCUT2D eigenvalue weighted by molar-refractivity contribution is 6.30. The predicted molar refractivity (Wildman–Crippen MR) is 90.1 cm³/mol. The van der Waals surface area contributed by atoms with Crippen LogP contribution in [0.1, 0.15) is 0 Å². The van der Waals surface area contributed by atoms with Crippen LogP contribution in [-0.2, 0) is 4.79 Å². The Morgan fingerprint density at radius 2 is 1.92 bits per heavy atom. The van der Waals surface area contributed by atoms with Gasteiger partial charge in [0.2, 0.25) is 5.56 Å². The van der Waals surface area contributed by atoms with Crippen LogP contribution in [0.25, 0.3) is 10.9 Å². The van der Waals surface area contributed by atoms with Crippen molar-refractivity contribution in [2.45, 2.75) is 0 Å². The highest BCUT2D eigenvalue weighted by atomic mass is 35.5. The van der Waals surface area contributed by atoms with Crippen LogP contribution < -0.4 is 15.6 Å². The minimum atomic E-state index is -0.626. The van der Waals surface area contributed by atoms with Gasteiger partial charge in [0.25, 0.3) is 5.91 Å². The molecule has 122 valence electrons. The predicted octanol–water partition coefficient (Wildman–Crippen LogP) is 3.34. The Kier molecular flexibility index (Phi) is 4.48. The lowest BCUT2D eigenvalue weighted by molar-refractivity contribution is -0.118. The van der Waals surface area contributed by atoms with E-state index < -0.39 is 17.3 Å². The summed E-state index contributed by atoms with van der Waals surface area (Å²) in [4.78, 5) is 25.5. The van der Waals surface area contributed by atoms with Gasteiger partial charge in [-0.2, -0.15) is 0 Å². The van der Waals surface area contributed by atoms with E-state index in [0.29, 0.717) is 16.2 Å². The number of benzene rings is 2. The molecule has 1 aromatic heterocycles. The van der Waals surface area contributed by atoms with E-state index in [4.69, 9.17) is 16.3 Å². The van der Waals surface area contributed by atoms with Crippen LogP contribution in [0.3, 0.4) is 0 Å². The number of hydrogen-bond acceptors (Lipinski definition) is 3. The minimum Gasteiger partial charge on any atom is -0.484 e. The molecule has 3 rings (SSSR count). The molecule has 0 radical (unpaired) electrons. The number of rotatable bonds is 4. The van der Waals surface area contributed by atoms with Gasteiger partial charge in [0.1, 0.15) is 11.6 Å². The summed E-state index contributed by atoms with van der Waals surface area (Å²) in [7, 11) is 0. The van der Waals surface area contributed by atoms with Crippen molar-refractivity contribution in [1.82, 2.24) is 4.98 Å². The Labute approximate surface area is 141 Å². The Bertz CT molecular complexity index is 954. The molecule has 7 heteroatoms. The molecule has 1 heterocycles. The second kappa shape index (κ2) is 6.72. The maximum Gasteiger partial charge on any atom is 0.262 e. The zero-order valence-electron chi connectivity index (χ0n) is 12.3. The molecular weight excluding hydrogens is 335 g/mol. The lowest BCUT2D eigenvalue weighted by Gasteiger charge is -2.09. The van der Waals surface area contributed by atoms with E-state index in [1.54, 1.807) is 30.3 Å². The summed E-state index contributed by atoms with van der Waals surface area (Å²) in [6, 6.07) is 12.0. The second-order valence-electron chi connectivity index (χ2n) is 5.04. The molecule has 0 saturated carbocycles. The SMILES string of the molecule is O=C(COc1ccc(Cl)cc1)Nc1cc(F)c2[nH]c(=O)ccc2c1. The fourth-order valence-corrected chi connectivity index (χ4v) is 2.30. The number of anilines is 1. The lowest BCUT2D eigenvalue weighted by Crippen LogP contribution is -2.20. The first-order valence-electron chi connectivity index (χ1n) is 7.02. The second-order valence-corrected chi connectivity index (χ2v) is 5.47. The van der Waals surface area contributed by atoms with Crippen LogP contribution in [0.2, 0.25) is 5.02 Å². The molecule has 0 spiro atoms. The molecule has 0 aliphatic rings. The van der Waals surface area contributed by atoms with Crippen molar-refractivity contribution < 1.29 is 13.9 Å². The van der Waals surface area contributed by atoms with Gasteiger partial charge in [-0.1, -0.05) is 11.6 Å². The molecule has 1 amide bonds. The first-order chi connectivity index (χ1) is 11.5. The Morgan fingerprint density at radius 3 is 2.67 bits per heavy atom. The van der Waals surface area contributed by atoms with Gasteiger partial charge in [0.05, 0.1) is 5.52 Å². The van der Waals surface area contributed by atoms with Gasteiger partial charge in [-0.05, 0) is 42.5 Å². The largest absolute Gasteiger partial charge is 0.484 e. The minimum absolute atomic E-state index is 0.0953. The number of fused-ring (bicyclic) bond motifs is 1. The van der Waals surface area contributed by atoms with E-state index in [0.717, 1.165) is 6.07 Å². The molecular formula is C17H12ClFN2O3. The van der Waals surface area contributed by atoms with Gasteiger partial charge in [-0.3, -0.25) is 9.59 Å². The Morgan fingerprint density at radius 1 is 1.17 bits per heavy atom. The van der Waals surface area contributed by atoms with Crippen LogP contribution in [-0.4, -0.2) is 17.5 Å². The summed E-state index contributed by atoms with van der Waals surface area (Å²) in [5.41, 5.74) is -0.0239. The van der Waals surface area contributed by atoms with Gasteiger partial charge < -0.3 is 15.0 Å². The van der Waals surface area contributed by atoms with Crippen molar-refractivity contribution in [3.8, 4) is 5.75 Å². The third kappa shape index (κ3) is 3.72. The van der Waals surface area contributed by atoms with Crippen LogP contribution in [0.15, 0.2) is 53.3 Å². The van der Waals surface area contributed by atoms with Crippen molar-refractivity contribution in [3.05, 3.63) is 69.7 Å². The van der Waals surface area contributed by atoms with Gasteiger partial charge in [-0.15, -0.1) is 0 Å². The number of aromatic nitrogens is 1. The topological polar surface area (TPSA) is 71.2 Å². The van der Waals surface area contributed by atoms with E-state index in [-0.39, 0.29) is 17.8 Å². The third-order valence-corrected chi connectivity index (χ3v) is 3.50. The molecule has 0 aliphatic heterocycles. The summed E-state index contributed by atoms with van der Waals surface area (Å²) in [6.45, 7) is -0.229. The molecule has 3 aromatic rings. The number of amides is 1. The summed E-state index contributed by atoms with van der Waals surface area (Å²) in [6.07, 6.45) is 0. The monoisotopic (exact) mass is 346 g/mol. The summed E-state index contributed by atoms with van der Waals surface area (Å²) >= 11 is 5.76. The zero-order valence-corrected chi connectivity index (χ0v) is 13.1. The van der Waals surface area contributed by atoms with Crippen LogP contribution in [0, 0.1) is 5.82 Å². The molecule has 0 unspecified atom stereocenters. The fourth-order valence-electron chi connectivity index (χ4n) is 2.17. The molecule has 2 N–H and O–H groups in total. The molecule has 0 aliphatic carbocycles. The van der Waals surface area contributed by atoms with Crippen molar-refractivity contribution in [2.75, 3.05) is 11.9 Å². The Balaban J connectivity index is 1.70. The van der Waals surface area contributed by atoms with E-state index in [9.17, 15) is 14.0 Å². The number of pyridine rings is 1. The van der Waals surface area contributed by atoms with Gasteiger partial charge in [-0.25, -0.2) is 4.39 Å². The van der Waals surface area contributed by atoms with Gasteiger partial charge >= 0.3 is 0 Å². The molecule has 0 saturated heterocycles. The number of nitrogens with one attached hydrogen (secondary N) is 2. The number of hydrogen-bond donors (Lipinski definition) is 2. The van der Waals surface area contributed by atoms with Gasteiger partial charge in [0, 0.05) is 22.2 Å². The lowest BCUT2D eigenvalue weighted by atomic mass is 10.2. The molecule has 5 nitrogen and oxygen atoms in total. The number of aromatic amines is 1. The summed E-state index contributed by atoms with van der Waals surface area (Å²) in [5.74, 6) is -0.566. The van der Waals surface area contributed by atoms with Crippen molar-refractivity contribution in [2.24, 2.45) is 0 Å². The average molecular weight is 347 g/mol. The quantitative estimate of drug-likeness (QED) is 0.761. The van der Waals surface area contributed by atoms with Crippen LogP contribution in [0.5, 0.6) is 5.75 Å². The van der Waals surface area contributed by atoms with Crippen molar-refractivity contribution in [3.63, 3.8) is 0 Å². The van der Waals surface area contributed by atoms with Gasteiger partial charge in [0.15, 0.2) is 6.61 Å². The molecule has 0 atom stereocenters. The maximum atomic E-state index is 14.0. The number of carbonyl (C=O) groups excluding carboxylic acids is 1. The molecule has 24 heavy (non-hydrogen) atoms. The number of carbonyl (C=O) groups is 1. The number of ether oxygens (including phenoxy) is 1. The molecule has 2 aromatic carbocycles. The summed E-state index contributed by atoms with van der Waals surface area (Å²) in [5, 5.41) is 3.59. The van der Waals surface area contributed by atoms with Crippen LogP contribution >= 0.6 is 11.6 Å². The maximum absolute atomic E-state index is 14.0. The highest BCUT2D eigenvalue weighted by Crippen LogP contribution is 2.20. The van der Waals surface area contributed by atoms with E-state index in [2.05, 4.69) is 10.3 Å². The number of H-pyrrole nitrogens is 1. The van der Waals surface area contributed by atoms with E-state index in [1.807, 2.05) is 0 Å². The smallest absolute Gasteiger partial charge is 0.262 e. The third-order valence-electron chi connectivity index (χ3n) is 3.25. The first-order valence-corrected chi connectivity index (χ1v) is 7.40. The van der Waals surface area contributed by atoms with Crippen molar-refractivity contribution >= 4 is 34.1 Å². The summed E-state index contributed by atoms with van der Waals surface area (Å²) < 4.78 is 19.3. The zero-order chi connectivity index (χ0) is 17.1. The number of halogens is 2. The van der Waals surface area contributed by atoms with E-state index >= 15 is 0 Å². The molecule has 0 fully saturated rings. The standard InChI is InChI=1S/C17H12ClFN2O3/c18-11-2-4-13(5-3-11)24-9-16(23)20-12-7-10-1-6-15(22)21-17(10)14(19)8-12/h1-8H,9H2,(H,20,23)(H,21,22).